The van der Waals surface area contributed by atoms with Crippen molar-refractivity contribution in [2.24, 2.45) is 0 Å². The van der Waals surface area contributed by atoms with Gasteiger partial charge >= 0.3 is 148 Å². The minimum atomic E-state index is -5.21. The van der Waals surface area contributed by atoms with Gasteiger partial charge in [0.1, 0.15) is 20.2 Å². The van der Waals surface area contributed by atoms with Gasteiger partial charge in [0.25, 0.3) is 0 Å². The van der Waals surface area contributed by atoms with Crippen LogP contribution in [0.25, 0.3) is 21.5 Å². The van der Waals surface area contributed by atoms with E-state index < -0.39 is 71.6 Å². The summed E-state index contributed by atoms with van der Waals surface area (Å²) < 4.78 is 158. The van der Waals surface area contributed by atoms with Gasteiger partial charge in [-0.1, -0.05) is 26.0 Å². The van der Waals surface area contributed by atoms with Crippen LogP contribution < -0.4 is 163 Å². The van der Waals surface area contributed by atoms with E-state index in [2.05, 4.69) is 18.7 Å². The van der Waals surface area contributed by atoms with Crippen molar-refractivity contribution in [3.63, 3.8) is 0 Å². The summed E-state index contributed by atoms with van der Waals surface area (Å²) in [4.78, 5) is 0.495. The number of rotatable bonds is 18. The first kappa shape index (κ1) is 69.5. The van der Waals surface area contributed by atoms with E-state index in [1.807, 2.05) is 0 Å². The first-order chi connectivity index (χ1) is 30.0. The maximum Gasteiger partial charge on any atom is 1.00 e. The minimum absolute atomic E-state index is 0. The van der Waals surface area contributed by atoms with E-state index >= 15 is 0 Å². The van der Waals surface area contributed by atoms with Crippen molar-refractivity contribution in [3.8, 4) is 0 Å². The van der Waals surface area contributed by atoms with Crippen LogP contribution in [0.4, 0.5) is 11.4 Å². The molecule has 0 spiro atoms. The molecule has 0 saturated heterocycles. The molecule has 4 aromatic carbocycles. The van der Waals surface area contributed by atoms with Gasteiger partial charge in [-0.05, 0) is 92.9 Å². The number of anilines is 1. The molecular weight excluding hydrogens is 1090 g/mol. The van der Waals surface area contributed by atoms with Crippen molar-refractivity contribution in [1.82, 2.24) is 0 Å². The molecule has 4 aromatic rings. The van der Waals surface area contributed by atoms with Gasteiger partial charge in [-0.2, -0.15) is 13.2 Å². The largest absolute Gasteiger partial charge is 1.00 e. The Balaban J connectivity index is 0.00000490. The molecule has 2 aliphatic rings. The zero-order chi connectivity index (χ0) is 48.2. The van der Waals surface area contributed by atoms with Crippen LogP contribution in [0, 0.1) is 0 Å². The van der Waals surface area contributed by atoms with Crippen molar-refractivity contribution in [2.45, 2.75) is 95.3 Å². The molecule has 2 atom stereocenters. The van der Waals surface area contributed by atoms with Crippen LogP contribution >= 0.6 is 24.1 Å². The molecule has 0 bridgehead atoms. The van der Waals surface area contributed by atoms with Crippen LogP contribution in [0.1, 0.15) is 65.5 Å². The van der Waals surface area contributed by atoms with Crippen LogP contribution in [-0.4, -0.2) is 85.8 Å². The van der Waals surface area contributed by atoms with Crippen LogP contribution in [0.2, 0.25) is 0 Å². The number of hydrogen-bond acceptors (Lipinski definition) is 21. The molecule has 2 heterocycles. The Labute approximate surface area is 525 Å². The topological polar surface area (TPSA) is 318 Å². The van der Waals surface area contributed by atoms with Gasteiger partial charge in [0.05, 0.1) is 64.8 Å². The van der Waals surface area contributed by atoms with E-state index in [0.29, 0.717) is 63.4 Å². The van der Waals surface area contributed by atoms with Crippen molar-refractivity contribution in [2.75, 3.05) is 18.0 Å². The third-order valence-corrected chi connectivity index (χ3v) is 16.9. The second-order valence-electron chi connectivity index (χ2n) is 16.3. The van der Waals surface area contributed by atoms with Crippen molar-refractivity contribution < 1.29 is 234 Å². The SMILES string of the molecule is CC(CCN1/C(=C/C=CC2=[N+](CCC(C)S(=O)(=O)[O-])c3ccc4cc(S(=O)(=O)[O-])cc(SOO[O-])c4c3C2(C)C)C(C)(C)c2c1ccc1cc(SOO[O-])cc(S(=O)(=O)[O-])c21)S(=O)(=O)[O-].[Na+].[Na+].[Na+].[Na+].[Na+]. The fraction of sp³-hybridized carbons (Fsp3) is 0.359. The molecule has 354 valence electrons. The minimum Gasteiger partial charge on any atom is -0.748 e. The maximum absolute atomic E-state index is 12.9. The molecule has 2 unspecified atom stereocenters. The predicted octanol–water partition coefficient (Wildman–Crippen LogP) is -11.5. The van der Waals surface area contributed by atoms with Crippen molar-refractivity contribution in [1.29, 1.82) is 0 Å². The normalized spacial score (nSPS) is 16.7. The third kappa shape index (κ3) is 15.0. The number of hydrogen-bond donors (Lipinski definition) is 0. The van der Waals surface area contributed by atoms with E-state index in [9.17, 15) is 62.4 Å². The van der Waals surface area contributed by atoms with Gasteiger partial charge in [0.15, 0.2) is 12.3 Å². The predicted molar refractivity (Wildman–Crippen MR) is 228 cm³/mol. The van der Waals surface area contributed by atoms with Crippen molar-refractivity contribution >= 4 is 103 Å². The summed E-state index contributed by atoms with van der Waals surface area (Å²) >= 11 is 0.730. The average molecular weight is 1130 g/mol. The average Bonchev–Trinajstić information content (AvgIpc) is 3.55. The Morgan fingerprint density at radius 3 is 1.80 bits per heavy atom. The Hall–Kier alpha value is 1.45. The summed E-state index contributed by atoms with van der Waals surface area (Å²) in [6.45, 7) is 9.49. The number of allylic oxidation sites excluding steroid dienone is 4. The van der Waals surface area contributed by atoms with Crippen LogP contribution in [0.15, 0.2) is 92.0 Å². The molecule has 0 N–H and O–H groups in total. The molecule has 70 heavy (non-hydrogen) atoms. The number of nitrogens with zero attached hydrogens (tertiary/aromatic N) is 2. The summed E-state index contributed by atoms with van der Waals surface area (Å²) in [6.07, 6.45) is 4.66. The van der Waals surface area contributed by atoms with E-state index in [1.165, 1.54) is 32.0 Å². The fourth-order valence-corrected chi connectivity index (χ4v) is 11.7. The second kappa shape index (κ2) is 26.9. The smallest absolute Gasteiger partial charge is 0.748 e. The molecule has 0 fully saturated rings. The molecule has 6 rings (SSSR count). The molecule has 0 aromatic heterocycles. The molecule has 31 heteroatoms. The summed E-state index contributed by atoms with van der Waals surface area (Å²) in [5, 5.41) is 26.7. The first-order valence-corrected chi connectivity index (χ1v) is 26.4. The van der Waals surface area contributed by atoms with Gasteiger partial charge in [-0.3, -0.25) is 10.1 Å². The van der Waals surface area contributed by atoms with Gasteiger partial charge in [0, 0.05) is 73.3 Å². The van der Waals surface area contributed by atoms with Gasteiger partial charge < -0.3 is 33.6 Å². The van der Waals surface area contributed by atoms with E-state index in [1.54, 1.807) is 67.5 Å². The monoisotopic (exact) mass is 1130 g/mol. The molecule has 0 aliphatic carbocycles. The Morgan fingerprint density at radius 2 is 1.24 bits per heavy atom. The summed E-state index contributed by atoms with van der Waals surface area (Å²) in [5.74, 6) is 0. The quantitative estimate of drug-likeness (QED) is 0.0223. The van der Waals surface area contributed by atoms with Gasteiger partial charge in [-0.15, -0.1) is 0 Å². The summed E-state index contributed by atoms with van der Waals surface area (Å²) in [5.41, 5.74) is 0.493. The zero-order valence-corrected chi connectivity index (χ0v) is 54.9. The second-order valence-corrected chi connectivity index (χ2v) is 24.2. The summed E-state index contributed by atoms with van der Waals surface area (Å²) in [7, 11) is -19.7. The zero-order valence-electron chi connectivity index (χ0n) is 40.0. The van der Waals surface area contributed by atoms with E-state index in [-0.39, 0.29) is 200 Å². The van der Waals surface area contributed by atoms with Crippen LogP contribution in [-0.2, 0) is 70.0 Å². The van der Waals surface area contributed by atoms with E-state index in [4.69, 9.17) is 0 Å². The molecular formula is C39H39N2Na5O18S6. The Kier molecular flexibility index (Phi) is 26.7. The molecule has 0 saturated carbocycles. The molecule has 2 aliphatic heterocycles. The number of fused-ring (bicyclic) bond motifs is 6. The van der Waals surface area contributed by atoms with Crippen LogP contribution in [0.5, 0.6) is 0 Å². The molecule has 0 radical (unpaired) electrons. The van der Waals surface area contributed by atoms with E-state index in [0.717, 1.165) is 18.2 Å². The van der Waals surface area contributed by atoms with Crippen molar-refractivity contribution in [3.05, 3.63) is 83.6 Å². The Morgan fingerprint density at radius 1 is 0.686 bits per heavy atom. The summed E-state index contributed by atoms with van der Waals surface area (Å²) in [6, 6.07) is 11.0. The van der Waals surface area contributed by atoms with Gasteiger partial charge in [0.2, 0.25) is 5.69 Å². The standard InChI is InChI=1S/C39H44N2O18S6.5Na/c1-22(62(44,45)46)14-16-40-28-13-11-25-19-27(64(50,51)52)21-30(61-59-57-43)34(25)36(28)38(3,4)32(40)8-7-9-33-39(5,6)37-29(41(33)17-15-23(2)63(47,48)49)12-10-24-18-26(60-58-56-42)20-31(35(24)37)65(53,54)55;;;;;/h7-13,18-23H,14-17H2,1-6H3,(H5-,42,43,44,45,46,47,48,49,50,51,52,53,54,55);;;;;/q;5*+1/p-5. The van der Waals surface area contributed by atoms with Crippen LogP contribution in [0.3, 0.4) is 0 Å². The fourth-order valence-electron chi connectivity index (χ4n) is 8.46. The molecule has 20 nitrogen and oxygen atoms in total. The third-order valence-electron chi connectivity index (χ3n) is 11.6. The molecule has 0 amide bonds. The van der Waals surface area contributed by atoms with Gasteiger partial charge in [-0.25, -0.2) is 33.7 Å². The number of benzene rings is 4. The maximum atomic E-state index is 12.9. The first-order valence-electron chi connectivity index (χ1n) is 19.2. The Bertz CT molecular complexity index is 3160.